The van der Waals surface area contributed by atoms with Gasteiger partial charge in [-0.05, 0) is 36.8 Å². The number of piperazine rings is 1. The van der Waals surface area contributed by atoms with Crippen LogP contribution in [0.25, 0.3) is 22.2 Å². The topological polar surface area (TPSA) is 90.5 Å². The minimum Gasteiger partial charge on any atom is -0.479 e. The summed E-state index contributed by atoms with van der Waals surface area (Å²) in [6.07, 6.45) is 1.05. The van der Waals surface area contributed by atoms with Crippen molar-refractivity contribution in [2.75, 3.05) is 26.2 Å². The number of nitrogens with one attached hydrogen (secondary N) is 2. The van der Waals surface area contributed by atoms with E-state index in [2.05, 4.69) is 15.3 Å². The second-order valence-corrected chi connectivity index (χ2v) is 8.29. The molecule has 30 heavy (non-hydrogen) atoms. The van der Waals surface area contributed by atoms with E-state index in [0.29, 0.717) is 41.6 Å². The van der Waals surface area contributed by atoms with E-state index in [0.717, 1.165) is 35.2 Å². The van der Waals surface area contributed by atoms with E-state index in [-0.39, 0.29) is 5.91 Å². The summed E-state index contributed by atoms with van der Waals surface area (Å²) in [5.41, 5.74) is 4.04. The van der Waals surface area contributed by atoms with Crippen molar-refractivity contribution in [1.82, 2.24) is 20.2 Å². The number of aliphatic hydroxyl groups is 1. The summed E-state index contributed by atoms with van der Waals surface area (Å²) in [6.45, 7) is 4.70. The Morgan fingerprint density at radius 3 is 2.87 bits per heavy atom. The molecule has 2 aliphatic rings. The lowest BCUT2D eigenvalue weighted by Gasteiger charge is -2.29. The molecule has 1 amide bonds. The largest absolute Gasteiger partial charge is 0.479 e. The predicted octanol–water partition coefficient (Wildman–Crippen LogP) is 2.67. The quantitative estimate of drug-likeness (QED) is 0.599. The van der Waals surface area contributed by atoms with Crippen LogP contribution in [0.3, 0.4) is 0 Å². The van der Waals surface area contributed by atoms with Crippen molar-refractivity contribution in [3.8, 4) is 16.9 Å². The van der Waals surface area contributed by atoms with Crippen molar-refractivity contribution in [2.24, 2.45) is 0 Å². The zero-order valence-electron chi connectivity index (χ0n) is 16.6. The van der Waals surface area contributed by atoms with Crippen LogP contribution in [0.4, 0.5) is 0 Å². The third-order valence-electron chi connectivity index (χ3n) is 5.79. The molecule has 3 N–H and O–H groups in total. The van der Waals surface area contributed by atoms with Gasteiger partial charge in [0.1, 0.15) is 11.4 Å². The van der Waals surface area contributed by atoms with Gasteiger partial charge in [-0.1, -0.05) is 11.6 Å². The summed E-state index contributed by atoms with van der Waals surface area (Å²) >= 11 is 6.44. The summed E-state index contributed by atoms with van der Waals surface area (Å²) in [5, 5.41) is 14.7. The number of hydrogen-bond donors (Lipinski definition) is 3. The number of pyridine rings is 1. The van der Waals surface area contributed by atoms with E-state index in [1.807, 2.05) is 29.2 Å². The number of fused-ring (bicyclic) bond motifs is 2. The molecule has 1 aromatic carbocycles. The van der Waals surface area contributed by atoms with Gasteiger partial charge in [-0.3, -0.25) is 4.79 Å². The van der Waals surface area contributed by atoms with Crippen LogP contribution < -0.4 is 10.1 Å². The maximum atomic E-state index is 13.0. The molecule has 156 valence electrons. The van der Waals surface area contributed by atoms with Crippen molar-refractivity contribution in [1.29, 1.82) is 0 Å². The predicted molar refractivity (Wildman–Crippen MR) is 115 cm³/mol. The van der Waals surface area contributed by atoms with Crippen molar-refractivity contribution < 1.29 is 14.6 Å². The first-order valence-corrected chi connectivity index (χ1v) is 10.5. The average molecular weight is 427 g/mol. The first-order valence-electron chi connectivity index (χ1n) is 10.2. The SMILES string of the molecule is CC(O)c1cc2c(-c3cc(Cl)cc4c3O[C@H](C(=O)N3CCNCC3)C4)ccnc2[nH]1. The van der Waals surface area contributed by atoms with E-state index >= 15 is 0 Å². The molecule has 2 aliphatic heterocycles. The van der Waals surface area contributed by atoms with Crippen LogP contribution in [-0.4, -0.2) is 58.2 Å². The summed E-state index contributed by atoms with van der Waals surface area (Å²) in [6, 6.07) is 7.54. The van der Waals surface area contributed by atoms with E-state index in [4.69, 9.17) is 16.3 Å². The zero-order chi connectivity index (χ0) is 20.8. The molecule has 1 saturated heterocycles. The van der Waals surface area contributed by atoms with Gasteiger partial charge in [-0.15, -0.1) is 0 Å². The molecule has 1 unspecified atom stereocenters. The number of aromatic amines is 1. The summed E-state index contributed by atoms with van der Waals surface area (Å²) in [4.78, 5) is 22.4. The highest BCUT2D eigenvalue weighted by Crippen LogP contribution is 2.43. The summed E-state index contributed by atoms with van der Waals surface area (Å²) in [7, 11) is 0. The molecular formula is C22H23ClN4O3. The first kappa shape index (κ1) is 19.4. The number of halogens is 1. The molecule has 5 rings (SSSR count). The Hall–Kier alpha value is -2.61. The normalized spacial score (nSPS) is 19.6. The van der Waals surface area contributed by atoms with Crippen LogP contribution in [0.1, 0.15) is 24.3 Å². The Morgan fingerprint density at radius 1 is 1.30 bits per heavy atom. The van der Waals surface area contributed by atoms with Crippen molar-refractivity contribution in [2.45, 2.75) is 25.6 Å². The molecule has 3 aromatic rings. The highest BCUT2D eigenvalue weighted by molar-refractivity contribution is 6.31. The number of hydrogen-bond acceptors (Lipinski definition) is 5. The smallest absolute Gasteiger partial charge is 0.264 e. The van der Waals surface area contributed by atoms with Gasteiger partial charge in [0.05, 0.1) is 6.10 Å². The Morgan fingerprint density at radius 2 is 2.10 bits per heavy atom. The van der Waals surface area contributed by atoms with Crippen LogP contribution in [0.2, 0.25) is 5.02 Å². The molecule has 2 atom stereocenters. The number of aromatic nitrogens is 2. The number of carbonyl (C=O) groups excluding carboxylic acids is 1. The van der Waals surface area contributed by atoms with Crippen molar-refractivity contribution in [3.05, 3.63) is 46.7 Å². The van der Waals surface area contributed by atoms with E-state index in [1.54, 1.807) is 13.1 Å². The Labute approximate surface area is 179 Å². The second kappa shape index (κ2) is 7.58. The maximum Gasteiger partial charge on any atom is 0.264 e. The standard InChI is InChI=1S/C22H23ClN4O3/c1-12(28)18-11-17-15(2-3-25-21(17)26-18)16-10-14(23)8-13-9-19(30-20(13)16)22(29)27-6-4-24-5-7-27/h2-3,8,10-12,19,24,28H,4-7,9H2,1H3,(H,25,26)/t12?,19-/m0/s1. The monoisotopic (exact) mass is 426 g/mol. The second-order valence-electron chi connectivity index (χ2n) is 7.85. The lowest BCUT2D eigenvalue weighted by Crippen LogP contribution is -2.50. The fourth-order valence-corrected chi connectivity index (χ4v) is 4.50. The molecule has 0 radical (unpaired) electrons. The Bertz CT molecular complexity index is 1120. The molecule has 2 aromatic heterocycles. The van der Waals surface area contributed by atoms with Gasteiger partial charge in [-0.2, -0.15) is 0 Å². The summed E-state index contributed by atoms with van der Waals surface area (Å²) < 4.78 is 6.22. The fraction of sp³-hybridized carbons (Fsp3) is 0.364. The van der Waals surface area contributed by atoms with Crippen LogP contribution in [0.5, 0.6) is 5.75 Å². The minimum absolute atomic E-state index is 0.0210. The molecule has 0 spiro atoms. The van der Waals surface area contributed by atoms with Gasteiger partial charge in [0, 0.05) is 66.0 Å². The first-order chi connectivity index (χ1) is 14.5. The Kier molecular flexibility index (Phi) is 4.89. The number of ether oxygens (including phenoxy) is 1. The van der Waals surface area contributed by atoms with Gasteiger partial charge in [0.2, 0.25) is 0 Å². The molecule has 0 saturated carbocycles. The van der Waals surface area contributed by atoms with Gasteiger partial charge in [-0.25, -0.2) is 4.98 Å². The minimum atomic E-state index is -0.630. The van der Waals surface area contributed by atoms with E-state index in [1.165, 1.54) is 0 Å². The molecule has 4 heterocycles. The summed E-state index contributed by atoms with van der Waals surface area (Å²) in [5.74, 6) is 0.716. The Balaban J connectivity index is 1.54. The van der Waals surface area contributed by atoms with E-state index in [9.17, 15) is 9.90 Å². The third kappa shape index (κ3) is 3.33. The molecular weight excluding hydrogens is 404 g/mol. The van der Waals surface area contributed by atoms with Crippen LogP contribution in [-0.2, 0) is 11.2 Å². The molecule has 1 fully saturated rings. The average Bonchev–Trinajstić information content (AvgIpc) is 3.37. The number of benzene rings is 1. The van der Waals surface area contributed by atoms with Gasteiger partial charge in [0.15, 0.2) is 6.10 Å². The van der Waals surface area contributed by atoms with E-state index < -0.39 is 12.2 Å². The molecule has 0 bridgehead atoms. The number of rotatable bonds is 3. The molecule has 7 nitrogen and oxygen atoms in total. The van der Waals surface area contributed by atoms with Gasteiger partial charge >= 0.3 is 0 Å². The van der Waals surface area contributed by atoms with Gasteiger partial charge in [0.25, 0.3) is 5.91 Å². The highest BCUT2D eigenvalue weighted by atomic mass is 35.5. The fourth-order valence-electron chi connectivity index (χ4n) is 4.26. The van der Waals surface area contributed by atoms with Crippen molar-refractivity contribution >= 4 is 28.5 Å². The van der Waals surface area contributed by atoms with Crippen LogP contribution in [0.15, 0.2) is 30.5 Å². The number of nitrogens with zero attached hydrogens (tertiary/aromatic N) is 2. The highest BCUT2D eigenvalue weighted by Gasteiger charge is 2.35. The zero-order valence-corrected chi connectivity index (χ0v) is 17.4. The van der Waals surface area contributed by atoms with Crippen molar-refractivity contribution in [3.63, 3.8) is 0 Å². The lowest BCUT2D eigenvalue weighted by atomic mass is 9.99. The number of aliphatic hydroxyl groups excluding tert-OH is 1. The molecule has 0 aliphatic carbocycles. The maximum absolute atomic E-state index is 13.0. The number of amides is 1. The lowest BCUT2D eigenvalue weighted by molar-refractivity contribution is -0.138. The molecule has 8 heteroatoms. The van der Waals surface area contributed by atoms with Gasteiger partial charge < -0.3 is 25.0 Å². The third-order valence-corrected chi connectivity index (χ3v) is 6.01. The number of H-pyrrole nitrogens is 1. The number of carbonyl (C=O) groups is 1. The van der Waals surface area contributed by atoms with Crippen LogP contribution >= 0.6 is 11.6 Å². The van der Waals surface area contributed by atoms with Crippen LogP contribution in [0, 0.1) is 0 Å².